The molecule has 1 saturated heterocycles. The first-order valence-electron chi connectivity index (χ1n) is 10.0. The molecule has 2 aliphatic rings. The van der Waals surface area contributed by atoms with Crippen molar-refractivity contribution >= 4 is 34.9 Å². The molecule has 0 aromatic heterocycles. The number of halogens is 1. The van der Waals surface area contributed by atoms with Crippen LogP contribution in [0.25, 0.3) is 0 Å². The Labute approximate surface area is 175 Å². The van der Waals surface area contributed by atoms with Crippen LogP contribution < -0.4 is 5.32 Å². The molecule has 0 bridgehead atoms. The van der Waals surface area contributed by atoms with E-state index >= 15 is 0 Å². The third kappa shape index (κ3) is 4.20. The monoisotopic (exact) mass is 410 g/mol. The average Bonchev–Trinajstić information content (AvgIpc) is 3.39. The fraction of sp³-hybridized carbons (Fsp3) is 0.348. The van der Waals surface area contributed by atoms with E-state index in [4.69, 9.17) is 11.6 Å². The van der Waals surface area contributed by atoms with Crippen LogP contribution in [0.1, 0.15) is 48.0 Å². The van der Waals surface area contributed by atoms with Crippen molar-refractivity contribution in [3.05, 3.63) is 64.7 Å². The highest BCUT2D eigenvalue weighted by Gasteiger charge is 2.38. The molecule has 1 heterocycles. The van der Waals surface area contributed by atoms with Gasteiger partial charge in [-0.25, -0.2) is 0 Å². The molecule has 1 aliphatic carbocycles. The topological polar surface area (TPSA) is 66.5 Å². The summed E-state index contributed by atoms with van der Waals surface area (Å²) in [5, 5.41) is 3.29. The summed E-state index contributed by atoms with van der Waals surface area (Å²) in [5.41, 5.74) is 1.28. The van der Waals surface area contributed by atoms with Gasteiger partial charge < -0.3 is 10.2 Å². The minimum absolute atomic E-state index is 0.0498. The van der Waals surface area contributed by atoms with Gasteiger partial charge in [-0.05, 0) is 31.0 Å². The van der Waals surface area contributed by atoms with Gasteiger partial charge in [0.25, 0.3) is 0 Å². The van der Waals surface area contributed by atoms with Crippen molar-refractivity contribution in [1.82, 2.24) is 4.90 Å². The average molecular weight is 411 g/mol. The van der Waals surface area contributed by atoms with Crippen molar-refractivity contribution in [3.63, 3.8) is 0 Å². The molecule has 0 spiro atoms. The van der Waals surface area contributed by atoms with Gasteiger partial charge in [-0.1, -0.05) is 54.8 Å². The van der Waals surface area contributed by atoms with Crippen LogP contribution in [-0.4, -0.2) is 35.1 Å². The van der Waals surface area contributed by atoms with Gasteiger partial charge in [-0.2, -0.15) is 0 Å². The lowest BCUT2D eigenvalue weighted by atomic mass is 10.0. The summed E-state index contributed by atoms with van der Waals surface area (Å²) in [7, 11) is 0. The zero-order valence-electron chi connectivity index (χ0n) is 16.1. The van der Waals surface area contributed by atoms with E-state index in [2.05, 4.69) is 5.32 Å². The van der Waals surface area contributed by atoms with E-state index in [1.807, 2.05) is 11.0 Å². The predicted octanol–water partition coefficient (Wildman–Crippen LogP) is 4.30. The highest BCUT2D eigenvalue weighted by atomic mass is 35.5. The molecule has 0 radical (unpaired) electrons. The van der Waals surface area contributed by atoms with Crippen LogP contribution in [0.5, 0.6) is 0 Å². The second-order valence-electron chi connectivity index (χ2n) is 7.76. The van der Waals surface area contributed by atoms with Gasteiger partial charge in [0.15, 0.2) is 5.78 Å². The van der Waals surface area contributed by atoms with Crippen molar-refractivity contribution in [3.8, 4) is 0 Å². The van der Waals surface area contributed by atoms with Gasteiger partial charge in [0, 0.05) is 35.2 Å². The number of benzene rings is 2. The standard InChI is InChI=1S/C23H23ClN2O3/c24-17-10-11-20(19(13-17)22(28)15-6-2-1-3-7-15)25-23(29)16-12-21(27)26(14-16)18-8-4-5-9-18/h1-3,6-7,10-11,13,16,18H,4-5,8-9,12,14H2,(H,25,29)/t16-/m0/s1. The molecule has 2 aromatic rings. The molecule has 150 valence electrons. The lowest BCUT2D eigenvalue weighted by Crippen LogP contribution is -2.35. The van der Waals surface area contributed by atoms with E-state index in [-0.39, 0.29) is 30.1 Å². The van der Waals surface area contributed by atoms with Gasteiger partial charge in [0.1, 0.15) is 0 Å². The van der Waals surface area contributed by atoms with Crippen LogP contribution in [-0.2, 0) is 9.59 Å². The van der Waals surface area contributed by atoms with Crippen LogP contribution in [0, 0.1) is 5.92 Å². The van der Waals surface area contributed by atoms with Gasteiger partial charge in [-0.15, -0.1) is 0 Å². The molecule has 6 heteroatoms. The van der Waals surface area contributed by atoms with Crippen molar-refractivity contribution < 1.29 is 14.4 Å². The van der Waals surface area contributed by atoms with Crippen LogP contribution in [0.3, 0.4) is 0 Å². The number of carbonyl (C=O) groups is 3. The van der Waals surface area contributed by atoms with Crippen LogP contribution in [0.15, 0.2) is 48.5 Å². The lowest BCUT2D eigenvalue weighted by molar-refractivity contribution is -0.129. The second-order valence-corrected chi connectivity index (χ2v) is 8.20. The molecule has 2 amide bonds. The van der Waals surface area contributed by atoms with Crippen molar-refractivity contribution in [1.29, 1.82) is 0 Å². The number of likely N-dealkylation sites (tertiary alicyclic amines) is 1. The molecule has 5 nitrogen and oxygen atoms in total. The Balaban J connectivity index is 1.51. The summed E-state index contributed by atoms with van der Waals surface area (Å²) in [6, 6.07) is 14.0. The summed E-state index contributed by atoms with van der Waals surface area (Å²) < 4.78 is 0. The number of nitrogens with zero attached hydrogens (tertiary/aromatic N) is 1. The zero-order chi connectivity index (χ0) is 20.4. The van der Waals surface area contributed by atoms with E-state index in [1.54, 1.807) is 42.5 Å². The zero-order valence-corrected chi connectivity index (χ0v) is 16.8. The Hall–Kier alpha value is -2.66. The number of nitrogens with one attached hydrogen (secondary N) is 1. The number of ketones is 1. The maximum atomic E-state index is 12.9. The number of amides is 2. The molecule has 1 N–H and O–H groups in total. The predicted molar refractivity (Wildman–Crippen MR) is 112 cm³/mol. The first kappa shape index (κ1) is 19.6. The van der Waals surface area contributed by atoms with E-state index in [0.29, 0.717) is 28.4 Å². The summed E-state index contributed by atoms with van der Waals surface area (Å²) in [6.45, 7) is 0.449. The Kier molecular flexibility index (Phi) is 5.67. The third-order valence-corrected chi connectivity index (χ3v) is 6.05. The van der Waals surface area contributed by atoms with Crippen LogP contribution >= 0.6 is 11.6 Å². The maximum Gasteiger partial charge on any atom is 0.229 e. The van der Waals surface area contributed by atoms with Gasteiger partial charge in [0.2, 0.25) is 11.8 Å². The summed E-state index contributed by atoms with van der Waals surface area (Å²) in [4.78, 5) is 40.1. The Morgan fingerprint density at radius 3 is 2.48 bits per heavy atom. The van der Waals surface area contributed by atoms with Crippen molar-refractivity contribution in [2.24, 2.45) is 5.92 Å². The summed E-state index contributed by atoms with van der Waals surface area (Å²) >= 11 is 6.11. The van der Waals surface area contributed by atoms with E-state index in [1.165, 1.54) is 0 Å². The first-order valence-corrected chi connectivity index (χ1v) is 10.4. The molecule has 1 saturated carbocycles. The minimum Gasteiger partial charge on any atom is -0.339 e. The molecule has 2 aromatic carbocycles. The molecular formula is C23H23ClN2O3. The molecular weight excluding hydrogens is 388 g/mol. The van der Waals surface area contributed by atoms with E-state index in [9.17, 15) is 14.4 Å². The van der Waals surface area contributed by atoms with Gasteiger partial charge >= 0.3 is 0 Å². The Morgan fingerprint density at radius 1 is 1.03 bits per heavy atom. The SMILES string of the molecule is O=C(c1ccccc1)c1cc(Cl)ccc1NC(=O)[C@H]1CC(=O)N(C2CCCC2)C1. The van der Waals surface area contributed by atoms with E-state index < -0.39 is 5.92 Å². The molecule has 1 aliphatic heterocycles. The van der Waals surface area contributed by atoms with Crippen LogP contribution in [0.4, 0.5) is 5.69 Å². The van der Waals surface area contributed by atoms with Gasteiger partial charge in [-0.3, -0.25) is 14.4 Å². The normalized spacial score (nSPS) is 19.6. The summed E-state index contributed by atoms with van der Waals surface area (Å²) in [6.07, 6.45) is 4.54. The van der Waals surface area contributed by atoms with Crippen molar-refractivity contribution in [2.75, 3.05) is 11.9 Å². The quantitative estimate of drug-likeness (QED) is 0.747. The van der Waals surface area contributed by atoms with E-state index in [0.717, 1.165) is 25.7 Å². The fourth-order valence-corrected chi connectivity index (χ4v) is 4.44. The first-order chi connectivity index (χ1) is 14.0. The third-order valence-electron chi connectivity index (χ3n) is 5.81. The summed E-state index contributed by atoms with van der Waals surface area (Å²) in [5.74, 6) is -0.797. The molecule has 1 atom stereocenters. The van der Waals surface area contributed by atoms with Crippen molar-refractivity contribution in [2.45, 2.75) is 38.1 Å². The van der Waals surface area contributed by atoms with Crippen LogP contribution in [0.2, 0.25) is 5.02 Å². The number of carbonyl (C=O) groups excluding carboxylic acids is 3. The Bertz CT molecular complexity index is 938. The maximum absolute atomic E-state index is 12.9. The molecule has 4 rings (SSSR count). The number of hydrogen-bond acceptors (Lipinski definition) is 3. The fourth-order valence-electron chi connectivity index (χ4n) is 4.27. The highest BCUT2D eigenvalue weighted by Crippen LogP contribution is 2.31. The number of anilines is 1. The molecule has 2 fully saturated rings. The smallest absolute Gasteiger partial charge is 0.229 e. The Morgan fingerprint density at radius 2 is 1.76 bits per heavy atom. The highest BCUT2D eigenvalue weighted by molar-refractivity contribution is 6.31. The lowest BCUT2D eigenvalue weighted by Gasteiger charge is -2.24. The molecule has 0 unspecified atom stereocenters. The minimum atomic E-state index is -0.404. The second kappa shape index (κ2) is 8.37. The number of hydrogen-bond donors (Lipinski definition) is 1. The molecule has 29 heavy (non-hydrogen) atoms. The van der Waals surface area contributed by atoms with Gasteiger partial charge in [0.05, 0.1) is 11.6 Å². The number of rotatable bonds is 5. The largest absolute Gasteiger partial charge is 0.339 e.